The van der Waals surface area contributed by atoms with Gasteiger partial charge < -0.3 is 15.8 Å². The topological polar surface area (TPSA) is 107 Å². The highest BCUT2D eigenvalue weighted by molar-refractivity contribution is 6.10. The molecule has 0 fully saturated rings. The van der Waals surface area contributed by atoms with Crippen LogP contribution >= 0.6 is 0 Å². The predicted molar refractivity (Wildman–Crippen MR) is 143 cm³/mol. The summed E-state index contributed by atoms with van der Waals surface area (Å²) >= 11 is 0. The van der Waals surface area contributed by atoms with Crippen LogP contribution in [0.1, 0.15) is 28.4 Å². The average Bonchev–Trinajstić information content (AvgIpc) is 3.17. The Hall–Kier alpha value is -4.72. The van der Waals surface area contributed by atoms with Crippen molar-refractivity contribution in [2.45, 2.75) is 13.3 Å². The minimum atomic E-state index is -0.312. The van der Waals surface area contributed by atoms with Crippen LogP contribution in [-0.4, -0.2) is 39.9 Å². The van der Waals surface area contributed by atoms with E-state index in [0.29, 0.717) is 41.8 Å². The van der Waals surface area contributed by atoms with Crippen LogP contribution in [0.4, 0.5) is 5.82 Å². The molecule has 0 radical (unpaired) electrons. The fourth-order valence-corrected chi connectivity index (χ4v) is 3.98. The molecule has 36 heavy (non-hydrogen) atoms. The fourth-order valence-electron chi connectivity index (χ4n) is 3.98. The first-order chi connectivity index (χ1) is 17.6. The van der Waals surface area contributed by atoms with Crippen molar-refractivity contribution in [1.29, 1.82) is 0 Å². The van der Waals surface area contributed by atoms with Gasteiger partial charge in [-0.2, -0.15) is 9.78 Å². The van der Waals surface area contributed by atoms with Crippen LogP contribution < -0.4 is 15.8 Å². The van der Waals surface area contributed by atoms with Crippen LogP contribution in [0.2, 0.25) is 0 Å². The molecule has 1 amide bonds. The summed E-state index contributed by atoms with van der Waals surface area (Å²) < 4.78 is 6.97. The van der Waals surface area contributed by atoms with Gasteiger partial charge in [-0.1, -0.05) is 42.5 Å². The number of nitrogens with one attached hydrogen (secondary N) is 1. The molecule has 0 aliphatic heterocycles. The third-order valence-electron chi connectivity index (χ3n) is 5.76. The zero-order valence-electron chi connectivity index (χ0n) is 19.9. The summed E-state index contributed by atoms with van der Waals surface area (Å²) in [6.07, 6.45) is 2.37. The van der Waals surface area contributed by atoms with Gasteiger partial charge in [0, 0.05) is 6.54 Å². The molecule has 0 aliphatic carbocycles. The molecule has 180 valence electrons. The van der Waals surface area contributed by atoms with Crippen molar-refractivity contribution < 1.29 is 9.53 Å². The number of hydrogen-bond donors (Lipinski definition) is 2. The molecule has 0 atom stereocenters. The van der Waals surface area contributed by atoms with Gasteiger partial charge in [-0.3, -0.25) is 4.79 Å². The first-order valence-corrected chi connectivity index (χ1v) is 11.8. The van der Waals surface area contributed by atoms with Gasteiger partial charge in [-0.25, -0.2) is 9.97 Å². The summed E-state index contributed by atoms with van der Waals surface area (Å²) in [5, 5.41) is 7.53. The molecular formula is C28H26N6O2. The highest BCUT2D eigenvalue weighted by Crippen LogP contribution is 2.28. The Balaban J connectivity index is 1.50. The normalized spacial score (nSPS) is 11.4. The number of amides is 1. The lowest BCUT2D eigenvalue weighted by molar-refractivity contribution is 0.0956. The van der Waals surface area contributed by atoms with Gasteiger partial charge in [0.2, 0.25) is 0 Å². The number of para-hydroxylation sites is 2. The van der Waals surface area contributed by atoms with Crippen LogP contribution in [-0.2, 0) is 6.42 Å². The molecule has 8 heteroatoms. The fraction of sp³-hybridized carbons (Fsp3) is 0.143. The number of ether oxygens (including phenoxy) is 1. The maximum Gasteiger partial charge on any atom is 0.257 e. The Bertz CT molecular complexity index is 1540. The molecule has 5 rings (SSSR count). The molecule has 3 aromatic carbocycles. The van der Waals surface area contributed by atoms with Crippen molar-refractivity contribution in [2.24, 2.45) is 5.10 Å². The van der Waals surface area contributed by atoms with Crippen LogP contribution in [0.25, 0.3) is 22.2 Å². The van der Waals surface area contributed by atoms with Gasteiger partial charge >= 0.3 is 0 Å². The van der Waals surface area contributed by atoms with E-state index in [1.807, 2.05) is 85.8 Å². The maximum absolute atomic E-state index is 13.3. The number of rotatable bonds is 8. The van der Waals surface area contributed by atoms with E-state index in [0.717, 1.165) is 16.9 Å². The molecule has 8 nitrogen and oxygen atoms in total. The first-order valence-electron chi connectivity index (χ1n) is 11.8. The number of hydrogen-bond acceptors (Lipinski definition) is 6. The van der Waals surface area contributed by atoms with E-state index >= 15 is 0 Å². The van der Waals surface area contributed by atoms with Crippen molar-refractivity contribution in [3.05, 3.63) is 95.6 Å². The lowest BCUT2D eigenvalue weighted by Crippen LogP contribution is -2.26. The monoisotopic (exact) mass is 478 g/mol. The highest BCUT2D eigenvalue weighted by Gasteiger charge is 2.23. The minimum Gasteiger partial charge on any atom is -0.494 e. The number of anilines is 1. The van der Waals surface area contributed by atoms with Crippen molar-refractivity contribution in [3.63, 3.8) is 0 Å². The summed E-state index contributed by atoms with van der Waals surface area (Å²) in [6.45, 7) is 3.00. The van der Waals surface area contributed by atoms with Crippen LogP contribution in [0, 0.1) is 0 Å². The van der Waals surface area contributed by atoms with Crippen molar-refractivity contribution in [1.82, 2.24) is 20.0 Å². The Kier molecular flexibility index (Phi) is 6.57. The summed E-state index contributed by atoms with van der Waals surface area (Å²) in [6, 6.07) is 25.0. The summed E-state index contributed by atoms with van der Waals surface area (Å²) in [4.78, 5) is 22.7. The van der Waals surface area contributed by atoms with Gasteiger partial charge in [0.25, 0.3) is 5.91 Å². The van der Waals surface area contributed by atoms with Gasteiger partial charge in [-0.15, -0.1) is 0 Å². The molecule has 2 aromatic heterocycles. The molecule has 3 N–H and O–H groups in total. The lowest BCUT2D eigenvalue weighted by Gasteiger charge is -2.06. The average molecular weight is 479 g/mol. The van der Waals surface area contributed by atoms with Crippen LogP contribution in [0.5, 0.6) is 5.75 Å². The first kappa shape index (κ1) is 23.0. The van der Waals surface area contributed by atoms with Crippen molar-refractivity contribution in [2.75, 3.05) is 18.9 Å². The Morgan fingerprint density at radius 1 is 1.00 bits per heavy atom. The molecule has 0 spiro atoms. The third kappa shape index (κ3) is 4.74. The van der Waals surface area contributed by atoms with E-state index < -0.39 is 0 Å². The molecular weight excluding hydrogens is 452 g/mol. The minimum absolute atomic E-state index is 0.180. The summed E-state index contributed by atoms with van der Waals surface area (Å²) in [5.74, 6) is 0.653. The molecule has 0 bridgehead atoms. The lowest BCUT2D eigenvalue weighted by atomic mass is 10.1. The SMILES string of the molecule is CCOc1ccc(/C=N/n2c(N)c(C(=O)NCCc3ccccc3)c3nc4ccccc4nc32)cc1. The quantitative estimate of drug-likeness (QED) is 0.321. The van der Waals surface area contributed by atoms with E-state index in [2.05, 4.69) is 10.4 Å². The number of benzene rings is 3. The number of fused-ring (bicyclic) bond motifs is 2. The number of nitrogen functional groups attached to an aromatic ring is 1. The number of carbonyl (C=O) groups excluding carboxylic acids is 1. The van der Waals surface area contributed by atoms with Gasteiger partial charge in [0.05, 0.1) is 23.9 Å². The number of carbonyl (C=O) groups is 1. The number of aromatic nitrogens is 3. The van der Waals surface area contributed by atoms with Crippen LogP contribution in [0.15, 0.2) is 84.0 Å². The van der Waals surface area contributed by atoms with Crippen molar-refractivity contribution in [3.8, 4) is 5.75 Å². The van der Waals surface area contributed by atoms with E-state index in [9.17, 15) is 4.79 Å². The molecule has 0 unspecified atom stereocenters. The molecule has 5 aromatic rings. The van der Waals surface area contributed by atoms with E-state index in [4.69, 9.17) is 20.4 Å². The summed E-state index contributed by atoms with van der Waals surface area (Å²) in [5.41, 5.74) is 10.9. The Labute approximate surface area is 208 Å². The Morgan fingerprint density at radius 2 is 1.69 bits per heavy atom. The van der Waals surface area contributed by atoms with Gasteiger partial charge in [0.1, 0.15) is 22.6 Å². The predicted octanol–water partition coefficient (Wildman–Crippen LogP) is 4.42. The zero-order valence-corrected chi connectivity index (χ0v) is 19.9. The highest BCUT2D eigenvalue weighted by atomic mass is 16.5. The van der Waals surface area contributed by atoms with E-state index in [-0.39, 0.29) is 17.3 Å². The van der Waals surface area contributed by atoms with Gasteiger partial charge in [0.15, 0.2) is 5.65 Å². The van der Waals surface area contributed by atoms with Crippen molar-refractivity contribution >= 4 is 40.1 Å². The number of nitrogens with two attached hydrogens (primary N) is 1. The number of nitrogens with zero attached hydrogens (tertiary/aromatic N) is 4. The van der Waals surface area contributed by atoms with E-state index in [1.165, 1.54) is 4.68 Å². The standard InChI is InChI=1S/C28H26N6O2/c1-2-36-21-14-12-20(13-15-21)18-31-34-26(29)24(28(35)30-17-16-19-8-4-3-5-9-19)25-27(34)33-23-11-7-6-10-22(23)32-25/h3-15,18H,2,16-17,29H2,1H3,(H,30,35)/b31-18+. The summed E-state index contributed by atoms with van der Waals surface area (Å²) in [7, 11) is 0. The zero-order chi connectivity index (χ0) is 24.9. The van der Waals surface area contributed by atoms with Crippen LogP contribution in [0.3, 0.4) is 0 Å². The molecule has 0 saturated carbocycles. The van der Waals surface area contributed by atoms with E-state index in [1.54, 1.807) is 6.21 Å². The smallest absolute Gasteiger partial charge is 0.257 e. The Morgan fingerprint density at radius 3 is 2.42 bits per heavy atom. The second kappa shape index (κ2) is 10.3. The second-order valence-electron chi connectivity index (χ2n) is 8.19. The molecule has 0 saturated heterocycles. The largest absolute Gasteiger partial charge is 0.494 e. The molecule has 2 heterocycles. The second-order valence-corrected chi connectivity index (χ2v) is 8.19. The molecule has 0 aliphatic rings. The maximum atomic E-state index is 13.3. The van der Waals surface area contributed by atoms with Gasteiger partial charge in [-0.05, 0) is 60.9 Å². The third-order valence-corrected chi connectivity index (χ3v) is 5.76.